The Bertz CT molecular complexity index is 501. The molecule has 0 aliphatic carbocycles. The normalized spacial score (nSPS) is 11.9. The van der Waals surface area contributed by atoms with Crippen LogP contribution in [0.5, 0.6) is 0 Å². The second kappa shape index (κ2) is 9.84. The van der Waals surface area contributed by atoms with Gasteiger partial charge in [-0.3, -0.25) is 9.79 Å². The number of ether oxygens (including phenoxy) is 1. The summed E-state index contributed by atoms with van der Waals surface area (Å²) >= 11 is 0. The summed E-state index contributed by atoms with van der Waals surface area (Å²) in [5, 5.41) is 9.23. The third-order valence-corrected chi connectivity index (χ3v) is 3.25. The SMILES string of the molecule is CCNC(=NCC(C)(C)OC)NCCNC(=O)c1ccccc1. The first-order valence-electron chi connectivity index (χ1n) is 7.89. The Morgan fingerprint density at radius 2 is 1.78 bits per heavy atom. The maximum atomic E-state index is 11.9. The van der Waals surface area contributed by atoms with E-state index in [4.69, 9.17) is 4.74 Å². The van der Waals surface area contributed by atoms with Gasteiger partial charge in [0.05, 0.1) is 12.1 Å². The third kappa shape index (κ3) is 7.65. The van der Waals surface area contributed by atoms with E-state index < -0.39 is 0 Å². The van der Waals surface area contributed by atoms with Crippen molar-refractivity contribution in [3.63, 3.8) is 0 Å². The zero-order valence-corrected chi connectivity index (χ0v) is 14.5. The van der Waals surface area contributed by atoms with Crippen LogP contribution in [0.4, 0.5) is 0 Å². The van der Waals surface area contributed by atoms with Crippen LogP contribution < -0.4 is 16.0 Å². The van der Waals surface area contributed by atoms with Crippen molar-refractivity contribution >= 4 is 11.9 Å². The molecule has 23 heavy (non-hydrogen) atoms. The van der Waals surface area contributed by atoms with E-state index in [0.717, 1.165) is 6.54 Å². The Hall–Kier alpha value is -2.08. The van der Waals surface area contributed by atoms with Crippen LogP contribution in [0.1, 0.15) is 31.1 Å². The number of aliphatic imine (C=N–C) groups is 1. The van der Waals surface area contributed by atoms with Crippen LogP contribution in [0.25, 0.3) is 0 Å². The van der Waals surface area contributed by atoms with Crippen molar-refractivity contribution in [2.24, 2.45) is 4.99 Å². The fraction of sp³-hybridized carbons (Fsp3) is 0.529. The molecule has 1 amide bonds. The summed E-state index contributed by atoms with van der Waals surface area (Å²) in [6.07, 6.45) is 0. The predicted octanol–water partition coefficient (Wildman–Crippen LogP) is 1.40. The molecule has 0 fully saturated rings. The maximum Gasteiger partial charge on any atom is 0.251 e. The lowest BCUT2D eigenvalue weighted by Gasteiger charge is -2.21. The Labute approximate surface area is 138 Å². The van der Waals surface area contributed by atoms with E-state index >= 15 is 0 Å². The van der Waals surface area contributed by atoms with E-state index in [9.17, 15) is 4.79 Å². The summed E-state index contributed by atoms with van der Waals surface area (Å²) in [4.78, 5) is 16.4. The summed E-state index contributed by atoms with van der Waals surface area (Å²) < 4.78 is 5.35. The number of carbonyl (C=O) groups is 1. The predicted molar refractivity (Wildman–Crippen MR) is 93.8 cm³/mol. The monoisotopic (exact) mass is 320 g/mol. The molecule has 3 N–H and O–H groups in total. The molecule has 0 aromatic heterocycles. The quantitative estimate of drug-likeness (QED) is 0.384. The van der Waals surface area contributed by atoms with Crippen molar-refractivity contribution in [1.82, 2.24) is 16.0 Å². The lowest BCUT2D eigenvalue weighted by atomic mass is 10.1. The molecule has 0 aliphatic heterocycles. The van der Waals surface area contributed by atoms with Crippen molar-refractivity contribution in [3.05, 3.63) is 35.9 Å². The molecule has 0 radical (unpaired) electrons. The van der Waals surface area contributed by atoms with Crippen LogP contribution in [0.2, 0.25) is 0 Å². The Morgan fingerprint density at radius 3 is 2.39 bits per heavy atom. The van der Waals surface area contributed by atoms with E-state index in [1.807, 2.05) is 39.0 Å². The van der Waals surface area contributed by atoms with Gasteiger partial charge in [0.1, 0.15) is 0 Å². The van der Waals surface area contributed by atoms with E-state index in [1.165, 1.54) is 0 Å². The van der Waals surface area contributed by atoms with E-state index in [1.54, 1.807) is 19.2 Å². The van der Waals surface area contributed by atoms with Crippen molar-refractivity contribution in [2.75, 3.05) is 33.3 Å². The number of hydrogen-bond acceptors (Lipinski definition) is 3. The van der Waals surface area contributed by atoms with Crippen LogP contribution in [0.3, 0.4) is 0 Å². The number of hydrogen-bond donors (Lipinski definition) is 3. The van der Waals surface area contributed by atoms with Crippen LogP contribution in [0, 0.1) is 0 Å². The fourth-order valence-corrected chi connectivity index (χ4v) is 1.72. The lowest BCUT2D eigenvalue weighted by molar-refractivity contribution is 0.0310. The third-order valence-electron chi connectivity index (χ3n) is 3.25. The highest BCUT2D eigenvalue weighted by atomic mass is 16.5. The zero-order chi connectivity index (χ0) is 17.1. The second-order valence-corrected chi connectivity index (χ2v) is 5.71. The van der Waals surface area contributed by atoms with Crippen molar-refractivity contribution in [3.8, 4) is 0 Å². The van der Waals surface area contributed by atoms with Gasteiger partial charge in [-0.2, -0.15) is 0 Å². The smallest absolute Gasteiger partial charge is 0.251 e. The van der Waals surface area contributed by atoms with Crippen LogP contribution in [-0.2, 0) is 4.74 Å². The molecule has 0 saturated carbocycles. The number of amides is 1. The van der Waals surface area contributed by atoms with Crippen LogP contribution in [-0.4, -0.2) is 50.8 Å². The maximum absolute atomic E-state index is 11.9. The molecular formula is C17H28N4O2. The van der Waals surface area contributed by atoms with Crippen LogP contribution in [0.15, 0.2) is 35.3 Å². The number of guanidine groups is 1. The molecule has 0 heterocycles. The summed E-state index contributed by atoms with van der Waals surface area (Å²) in [7, 11) is 1.68. The van der Waals surface area contributed by atoms with Gasteiger partial charge in [0, 0.05) is 32.3 Å². The van der Waals surface area contributed by atoms with Crippen molar-refractivity contribution < 1.29 is 9.53 Å². The molecule has 0 spiro atoms. The number of carbonyl (C=O) groups excluding carboxylic acids is 1. The van der Waals surface area contributed by atoms with Gasteiger partial charge >= 0.3 is 0 Å². The molecule has 128 valence electrons. The summed E-state index contributed by atoms with van der Waals surface area (Å²) in [6, 6.07) is 9.17. The zero-order valence-electron chi connectivity index (χ0n) is 14.5. The topological polar surface area (TPSA) is 74.8 Å². The molecule has 0 aliphatic rings. The minimum Gasteiger partial charge on any atom is -0.377 e. The number of rotatable bonds is 8. The number of nitrogens with zero attached hydrogens (tertiary/aromatic N) is 1. The van der Waals surface area contributed by atoms with E-state index in [2.05, 4.69) is 20.9 Å². The van der Waals surface area contributed by atoms with Gasteiger partial charge in [-0.1, -0.05) is 18.2 Å². The average molecular weight is 320 g/mol. The molecule has 1 aromatic rings. The number of benzene rings is 1. The molecule has 1 aromatic carbocycles. The minimum absolute atomic E-state index is 0.0742. The van der Waals surface area contributed by atoms with Gasteiger partial charge in [-0.25, -0.2) is 0 Å². The highest BCUT2D eigenvalue weighted by Crippen LogP contribution is 2.06. The van der Waals surface area contributed by atoms with Gasteiger partial charge in [-0.05, 0) is 32.9 Å². The summed E-state index contributed by atoms with van der Waals surface area (Å²) in [5.74, 6) is 0.640. The molecule has 6 nitrogen and oxygen atoms in total. The first kappa shape index (κ1) is 19.0. The van der Waals surface area contributed by atoms with Crippen molar-refractivity contribution in [2.45, 2.75) is 26.4 Å². The average Bonchev–Trinajstić information content (AvgIpc) is 2.57. The lowest BCUT2D eigenvalue weighted by Crippen LogP contribution is -2.42. The van der Waals surface area contributed by atoms with Gasteiger partial charge in [0.15, 0.2) is 5.96 Å². The Morgan fingerprint density at radius 1 is 1.13 bits per heavy atom. The standard InChI is InChI=1S/C17H28N4O2/c1-5-18-16(21-13-17(2,3)23-4)20-12-11-19-15(22)14-9-7-6-8-10-14/h6-10H,5,11-13H2,1-4H3,(H,19,22)(H2,18,20,21). The molecule has 0 saturated heterocycles. The molecule has 6 heteroatoms. The molecular weight excluding hydrogens is 292 g/mol. The molecule has 0 atom stereocenters. The Balaban J connectivity index is 2.38. The second-order valence-electron chi connectivity index (χ2n) is 5.71. The van der Waals surface area contributed by atoms with Gasteiger partial charge in [0.25, 0.3) is 5.91 Å². The first-order valence-corrected chi connectivity index (χ1v) is 7.89. The van der Waals surface area contributed by atoms with Crippen LogP contribution >= 0.6 is 0 Å². The minimum atomic E-state index is -0.302. The molecule has 0 bridgehead atoms. The largest absolute Gasteiger partial charge is 0.377 e. The van der Waals surface area contributed by atoms with E-state index in [-0.39, 0.29) is 11.5 Å². The number of methoxy groups -OCH3 is 1. The fourth-order valence-electron chi connectivity index (χ4n) is 1.72. The van der Waals surface area contributed by atoms with E-state index in [0.29, 0.717) is 31.2 Å². The molecule has 0 unspecified atom stereocenters. The Kier molecular flexibility index (Phi) is 8.11. The number of nitrogens with one attached hydrogen (secondary N) is 3. The highest BCUT2D eigenvalue weighted by Gasteiger charge is 2.15. The summed E-state index contributed by atoms with van der Waals surface area (Å²) in [6.45, 7) is 8.42. The molecule has 1 rings (SSSR count). The highest BCUT2D eigenvalue weighted by molar-refractivity contribution is 5.94. The first-order chi connectivity index (χ1) is 11.0. The van der Waals surface area contributed by atoms with Gasteiger partial charge in [0.2, 0.25) is 0 Å². The van der Waals surface area contributed by atoms with Gasteiger partial charge in [-0.15, -0.1) is 0 Å². The van der Waals surface area contributed by atoms with Crippen molar-refractivity contribution in [1.29, 1.82) is 0 Å². The summed E-state index contributed by atoms with van der Waals surface area (Å²) in [5.41, 5.74) is 0.360. The van der Waals surface area contributed by atoms with Gasteiger partial charge < -0.3 is 20.7 Å².